The number of benzene rings is 1. The van der Waals surface area contributed by atoms with Crippen LogP contribution in [-0.2, 0) is 0 Å². The van der Waals surface area contributed by atoms with E-state index < -0.39 is 22.8 Å². The summed E-state index contributed by atoms with van der Waals surface area (Å²) in [5.74, 6) is -1.32. The molecule has 0 bridgehead atoms. The van der Waals surface area contributed by atoms with E-state index in [1.807, 2.05) is 0 Å². The maximum Gasteiger partial charge on any atom is 0.276 e. The molecule has 0 radical (unpaired) electrons. The minimum Gasteiger partial charge on any atom is -0.494 e. The van der Waals surface area contributed by atoms with Crippen molar-refractivity contribution in [3.63, 3.8) is 0 Å². The first-order chi connectivity index (χ1) is 8.42. The Morgan fingerprint density at radius 3 is 2.61 bits per heavy atom. The average molecular weight is 257 g/mol. The van der Waals surface area contributed by atoms with Crippen molar-refractivity contribution in [1.82, 2.24) is 0 Å². The zero-order valence-corrected chi connectivity index (χ0v) is 10.5. The highest BCUT2D eigenvalue weighted by molar-refractivity contribution is 5.48. The Balaban J connectivity index is 3.34. The zero-order valence-electron chi connectivity index (χ0n) is 10.5. The number of methoxy groups -OCH3 is 1. The maximum absolute atomic E-state index is 13.4. The predicted molar refractivity (Wildman–Crippen MR) is 64.3 cm³/mol. The highest BCUT2D eigenvalue weighted by Gasteiger charge is 2.26. The fourth-order valence-corrected chi connectivity index (χ4v) is 1.80. The van der Waals surface area contributed by atoms with Crippen molar-refractivity contribution in [2.24, 2.45) is 0 Å². The SMILES string of the molecule is CCC(O)C(C)c1cc(OC)c(F)cc1[N+](=O)[O-]. The van der Waals surface area contributed by atoms with Gasteiger partial charge in [0.05, 0.1) is 24.2 Å². The van der Waals surface area contributed by atoms with Crippen molar-refractivity contribution < 1.29 is 19.2 Å². The van der Waals surface area contributed by atoms with E-state index >= 15 is 0 Å². The largest absolute Gasteiger partial charge is 0.494 e. The third-order valence-corrected chi connectivity index (χ3v) is 2.98. The van der Waals surface area contributed by atoms with Gasteiger partial charge in [-0.2, -0.15) is 0 Å². The molecule has 2 atom stereocenters. The molecule has 5 nitrogen and oxygen atoms in total. The van der Waals surface area contributed by atoms with Crippen molar-refractivity contribution in [3.05, 3.63) is 33.6 Å². The Bertz CT molecular complexity index is 450. The maximum atomic E-state index is 13.4. The minimum absolute atomic E-state index is 0.0641. The second-order valence-electron chi connectivity index (χ2n) is 4.07. The van der Waals surface area contributed by atoms with Crippen LogP contribution in [0.4, 0.5) is 10.1 Å². The van der Waals surface area contributed by atoms with E-state index in [1.54, 1.807) is 13.8 Å². The van der Waals surface area contributed by atoms with Gasteiger partial charge in [0.2, 0.25) is 0 Å². The second-order valence-corrected chi connectivity index (χ2v) is 4.07. The molecular formula is C12H16FNO4. The molecule has 0 fully saturated rings. The van der Waals surface area contributed by atoms with Crippen molar-refractivity contribution in [2.45, 2.75) is 32.3 Å². The first-order valence-electron chi connectivity index (χ1n) is 5.62. The van der Waals surface area contributed by atoms with Gasteiger partial charge in [0.15, 0.2) is 11.6 Å². The Labute approximate surface area is 104 Å². The summed E-state index contributed by atoms with van der Waals surface area (Å²) in [7, 11) is 1.29. The quantitative estimate of drug-likeness (QED) is 0.650. The number of ether oxygens (including phenoxy) is 1. The van der Waals surface area contributed by atoms with Gasteiger partial charge in [-0.15, -0.1) is 0 Å². The van der Waals surface area contributed by atoms with Crippen molar-refractivity contribution >= 4 is 5.69 Å². The van der Waals surface area contributed by atoms with Gasteiger partial charge >= 0.3 is 0 Å². The van der Waals surface area contributed by atoms with Gasteiger partial charge in [-0.1, -0.05) is 13.8 Å². The number of nitro groups is 1. The van der Waals surface area contributed by atoms with E-state index in [2.05, 4.69) is 0 Å². The Morgan fingerprint density at radius 2 is 2.17 bits per heavy atom. The second kappa shape index (κ2) is 5.77. The molecule has 0 aliphatic rings. The monoisotopic (exact) mass is 257 g/mol. The van der Waals surface area contributed by atoms with Gasteiger partial charge in [-0.3, -0.25) is 10.1 Å². The van der Waals surface area contributed by atoms with Gasteiger partial charge in [-0.05, 0) is 12.5 Å². The van der Waals surface area contributed by atoms with E-state index in [0.717, 1.165) is 6.07 Å². The fourth-order valence-electron chi connectivity index (χ4n) is 1.80. The number of aliphatic hydroxyl groups is 1. The lowest BCUT2D eigenvalue weighted by Crippen LogP contribution is -2.16. The first-order valence-corrected chi connectivity index (χ1v) is 5.62. The molecule has 18 heavy (non-hydrogen) atoms. The number of rotatable bonds is 5. The van der Waals surface area contributed by atoms with E-state index in [-0.39, 0.29) is 17.0 Å². The van der Waals surface area contributed by atoms with Crippen LogP contribution in [0.1, 0.15) is 31.7 Å². The van der Waals surface area contributed by atoms with Crippen LogP contribution in [0.25, 0.3) is 0 Å². The topological polar surface area (TPSA) is 72.6 Å². The molecule has 0 amide bonds. The molecule has 0 aliphatic heterocycles. The number of aliphatic hydroxyl groups excluding tert-OH is 1. The summed E-state index contributed by atoms with van der Waals surface area (Å²) >= 11 is 0. The third-order valence-electron chi connectivity index (χ3n) is 2.98. The predicted octanol–water partition coefficient (Wildman–Crippen LogP) is 2.62. The molecule has 100 valence electrons. The van der Waals surface area contributed by atoms with Gasteiger partial charge in [0, 0.05) is 11.5 Å². The van der Waals surface area contributed by atoms with Crippen molar-refractivity contribution in [3.8, 4) is 5.75 Å². The Kier molecular flexibility index (Phi) is 4.61. The number of halogens is 1. The standard InChI is InChI=1S/C12H16FNO4/c1-4-11(15)7(2)8-5-12(18-3)9(13)6-10(8)14(16)17/h5-7,11,15H,4H2,1-3H3. The number of hydrogen-bond acceptors (Lipinski definition) is 4. The summed E-state index contributed by atoms with van der Waals surface area (Å²) < 4.78 is 18.2. The van der Waals surface area contributed by atoms with Crippen LogP contribution < -0.4 is 4.74 Å². The molecule has 1 aromatic rings. The molecule has 0 heterocycles. The van der Waals surface area contributed by atoms with E-state index in [1.165, 1.54) is 13.2 Å². The zero-order chi connectivity index (χ0) is 13.9. The van der Waals surface area contributed by atoms with Gasteiger partial charge in [0.25, 0.3) is 5.69 Å². The summed E-state index contributed by atoms with van der Waals surface area (Å²) in [4.78, 5) is 10.2. The van der Waals surface area contributed by atoms with Crippen molar-refractivity contribution in [2.75, 3.05) is 7.11 Å². The number of hydrogen-bond donors (Lipinski definition) is 1. The summed E-state index contributed by atoms with van der Waals surface area (Å²) in [6.07, 6.45) is -0.267. The Hall–Kier alpha value is -1.69. The highest BCUT2D eigenvalue weighted by atomic mass is 19.1. The van der Waals surface area contributed by atoms with E-state index in [9.17, 15) is 19.6 Å². The third kappa shape index (κ3) is 2.76. The molecule has 6 heteroatoms. The number of nitro benzene ring substituents is 1. The summed E-state index contributed by atoms with van der Waals surface area (Å²) in [5.41, 5.74) is -0.0686. The molecule has 0 saturated heterocycles. The van der Waals surface area contributed by atoms with Crippen molar-refractivity contribution in [1.29, 1.82) is 0 Å². The summed E-state index contributed by atoms with van der Waals surface area (Å²) in [6.45, 7) is 3.43. The van der Waals surface area contributed by atoms with Crippen LogP contribution in [0.5, 0.6) is 5.75 Å². The van der Waals surface area contributed by atoms with E-state index in [0.29, 0.717) is 6.42 Å². The van der Waals surface area contributed by atoms with Gasteiger partial charge in [0.1, 0.15) is 0 Å². The lowest BCUT2D eigenvalue weighted by Gasteiger charge is -2.18. The molecule has 1 aromatic carbocycles. The molecule has 0 aromatic heterocycles. The highest BCUT2D eigenvalue weighted by Crippen LogP contribution is 2.34. The smallest absolute Gasteiger partial charge is 0.276 e. The van der Waals surface area contributed by atoms with Crippen LogP contribution in [-0.4, -0.2) is 23.2 Å². The van der Waals surface area contributed by atoms with Crippen LogP contribution in [0, 0.1) is 15.9 Å². The fraction of sp³-hybridized carbons (Fsp3) is 0.500. The molecule has 1 N–H and O–H groups in total. The average Bonchev–Trinajstić information content (AvgIpc) is 2.36. The van der Waals surface area contributed by atoms with Gasteiger partial charge in [-0.25, -0.2) is 4.39 Å². The van der Waals surface area contributed by atoms with Crippen LogP contribution in [0.3, 0.4) is 0 Å². The lowest BCUT2D eigenvalue weighted by atomic mass is 9.92. The molecule has 1 rings (SSSR count). The normalized spacial score (nSPS) is 14.1. The van der Waals surface area contributed by atoms with Crippen LogP contribution >= 0.6 is 0 Å². The summed E-state index contributed by atoms with van der Waals surface area (Å²) in [5, 5.41) is 20.7. The van der Waals surface area contributed by atoms with Crippen LogP contribution in [0.15, 0.2) is 12.1 Å². The minimum atomic E-state index is -0.786. The molecule has 0 aliphatic carbocycles. The van der Waals surface area contributed by atoms with E-state index in [4.69, 9.17) is 4.74 Å². The summed E-state index contributed by atoms with van der Waals surface area (Å²) in [6, 6.07) is 2.10. The molecule has 0 saturated carbocycles. The lowest BCUT2D eigenvalue weighted by molar-refractivity contribution is -0.386. The number of nitrogens with zero attached hydrogens (tertiary/aromatic N) is 1. The molecule has 2 unspecified atom stereocenters. The van der Waals surface area contributed by atoms with Gasteiger partial charge < -0.3 is 9.84 Å². The molecular weight excluding hydrogens is 241 g/mol. The van der Waals surface area contributed by atoms with Crippen LogP contribution in [0.2, 0.25) is 0 Å². The Morgan fingerprint density at radius 1 is 1.56 bits per heavy atom. The first kappa shape index (κ1) is 14.4. The molecule has 0 spiro atoms.